The molecule has 0 spiro atoms. The van der Waals surface area contributed by atoms with Crippen molar-refractivity contribution in [3.8, 4) is 0 Å². The van der Waals surface area contributed by atoms with Crippen LogP contribution in [-0.2, 0) is 0 Å². The molecule has 2 heteroatoms. The van der Waals surface area contributed by atoms with Gasteiger partial charge in [-0.1, -0.05) is 26.0 Å². The molecule has 2 fully saturated rings. The van der Waals surface area contributed by atoms with Crippen molar-refractivity contribution >= 4 is 5.69 Å². The summed E-state index contributed by atoms with van der Waals surface area (Å²) in [4.78, 5) is 0. The molecule has 0 radical (unpaired) electrons. The van der Waals surface area contributed by atoms with Crippen LogP contribution in [0.3, 0.4) is 0 Å². The van der Waals surface area contributed by atoms with Crippen LogP contribution in [0.4, 0.5) is 5.69 Å². The largest absolute Gasteiger partial charge is 0.385 e. The van der Waals surface area contributed by atoms with E-state index in [4.69, 9.17) is 5.73 Å². The van der Waals surface area contributed by atoms with Crippen LogP contribution in [0.5, 0.6) is 0 Å². The van der Waals surface area contributed by atoms with Crippen LogP contribution in [0.2, 0.25) is 0 Å². The topological polar surface area (TPSA) is 38.0 Å². The average Bonchev–Trinajstić information content (AvgIpc) is 2.54. The number of hydrogen-bond donors (Lipinski definition) is 2. The monoisotopic (exact) mass is 314 g/mol. The fraction of sp³-hybridized carbons (Fsp3) is 0.714. The van der Waals surface area contributed by atoms with Crippen molar-refractivity contribution in [2.24, 2.45) is 23.5 Å². The highest BCUT2D eigenvalue weighted by atomic mass is 14.9. The van der Waals surface area contributed by atoms with Crippen molar-refractivity contribution in [2.75, 3.05) is 11.9 Å². The van der Waals surface area contributed by atoms with Gasteiger partial charge in [-0.3, -0.25) is 0 Å². The molecule has 3 N–H and O–H groups in total. The van der Waals surface area contributed by atoms with Gasteiger partial charge in [-0.15, -0.1) is 0 Å². The van der Waals surface area contributed by atoms with Crippen LogP contribution in [-0.4, -0.2) is 12.6 Å². The Morgan fingerprint density at radius 1 is 0.913 bits per heavy atom. The number of nitrogens with two attached hydrogens (primary N) is 1. The van der Waals surface area contributed by atoms with Gasteiger partial charge >= 0.3 is 0 Å². The van der Waals surface area contributed by atoms with Gasteiger partial charge in [0.15, 0.2) is 0 Å². The normalized spacial score (nSPS) is 35.0. The zero-order valence-electron chi connectivity index (χ0n) is 14.9. The first-order valence-electron chi connectivity index (χ1n) is 9.69. The Bertz CT molecular complexity index is 463. The molecule has 128 valence electrons. The summed E-state index contributed by atoms with van der Waals surface area (Å²) in [6.45, 7) is 5.92. The van der Waals surface area contributed by atoms with E-state index in [1.807, 2.05) is 0 Å². The van der Waals surface area contributed by atoms with Gasteiger partial charge in [-0.05, 0) is 86.3 Å². The third kappa shape index (κ3) is 4.73. The highest BCUT2D eigenvalue weighted by molar-refractivity contribution is 5.45. The van der Waals surface area contributed by atoms with E-state index < -0.39 is 0 Å². The minimum Gasteiger partial charge on any atom is -0.385 e. The van der Waals surface area contributed by atoms with Crippen molar-refractivity contribution in [3.05, 3.63) is 29.8 Å². The molecule has 0 aromatic heterocycles. The first kappa shape index (κ1) is 16.8. The van der Waals surface area contributed by atoms with Crippen LogP contribution >= 0.6 is 0 Å². The van der Waals surface area contributed by atoms with E-state index in [0.29, 0.717) is 6.04 Å². The summed E-state index contributed by atoms with van der Waals surface area (Å²) < 4.78 is 0. The number of anilines is 1. The fourth-order valence-electron chi connectivity index (χ4n) is 4.75. The van der Waals surface area contributed by atoms with Gasteiger partial charge < -0.3 is 11.1 Å². The first-order chi connectivity index (χ1) is 11.1. The SMILES string of the molecule is CC1CC(C)CC(c2ccc(NC[C@H]3CC[C@H](N)CC3)cc2)C1. The van der Waals surface area contributed by atoms with E-state index in [9.17, 15) is 0 Å². The molecule has 0 bridgehead atoms. The highest BCUT2D eigenvalue weighted by Gasteiger charge is 2.25. The van der Waals surface area contributed by atoms with Crippen molar-refractivity contribution in [1.29, 1.82) is 0 Å². The number of hydrogen-bond acceptors (Lipinski definition) is 2. The fourth-order valence-corrected chi connectivity index (χ4v) is 4.75. The van der Waals surface area contributed by atoms with Crippen LogP contribution in [0.25, 0.3) is 0 Å². The minimum atomic E-state index is 0.450. The van der Waals surface area contributed by atoms with Crippen molar-refractivity contribution < 1.29 is 0 Å². The molecule has 3 rings (SSSR count). The molecule has 1 aromatic rings. The summed E-state index contributed by atoms with van der Waals surface area (Å²) >= 11 is 0. The van der Waals surface area contributed by atoms with Gasteiger partial charge in [0.25, 0.3) is 0 Å². The van der Waals surface area contributed by atoms with Crippen LogP contribution in [0.1, 0.15) is 70.3 Å². The molecule has 0 aliphatic heterocycles. The van der Waals surface area contributed by atoms with Crippen LogP contribution < -0.4 is 11.1 Å². The van der Waals surface area contributed by atoms with E-state index in [0.717, 1.165) is 30.2 Å². The van der Waals surface area contributed by atoms with Crippen molar-refractivity contribution in [1.82, 2.24) is 0 Å². The van der Waals surface area contributed by atoms with Gasteiger partial charge in [-0.25, -0.2) is 0 Å². The Kier molecular flexibility index (Phi) is 5.63. The summed E-state index contributed by atoms with van der Waals surface area (Å²) in [6.07, 6.45) is 9.08. The average molecular weight is 315 g/mol. The summed E-state index contributed by atoms with van der Waals surface area (Å²) in [5.41, 5.74) is 8.81. The molecule has 23 heavy (non-hydrogen) atoms. The summed E-state index contributed by atoms with van der Waals surface area (Å²) in [5.74, 6) is 3.32. The third-order valence-electron chi connectivity index (χ3n) is 6.05. The quantitative estimate of drug-likeness (QED) is 0.806. The lowest BCUT2D eigenvalue weighted by atomic mass is 9.74. The van der Waals surface area contributed by atoms with Crippen molar-refractivity contribution in [3.63, 3.8) is 0 Å². The standard InChI is InChI=1S/C21H34N2/c1-15-11-16(2)13-19(12-15)18-5-9-21(10-6-18)23-14-17-3-7-20(22)8-4-17/h5-6,9-10,15-17,19-20,23H,3-4,7-8,11-14,22H2,1-2H3/t15?,16?,17-,19?,20-. The number of nitrogens with one attached hydrogen (secondary N) is 1. The van der Waals surface area contributed by atoms with E-state index in [2.05, 4.69) is 43.4 Å². The van der Waals surface area contributed by atoms with Crippen molar-refractivity contribution in [2.45, 2.75) is 70.8 Å². The Balaban J connectivity index is 1.51. The molecule has 1 aromatic carbocycles. The number of rotatable bonds is 4. The molecule has 0 heterocycles. The second kappa shape index (κ2) is 7.70. The molecule has 0 amide bonds. The van der Waals surface area contributed by atoms with Gasteiger partial charge in [0.2, 0.25) is 0 Å². The highest BCUT2D eigenvalue weighted by Crippen LogP contribution is 2.39. The van der Waals surface area contributed by atoms with E-state index in [-0.39, 0.29) is 0 Å². The maximum absolute atomic E-state index is 5.99. The van der Waals surface area contributed by atoms with E-state index in [1.165, 1.54) is 56.2 Å². The Hall–Kier alpha value is -1.02. The zero-order chi connectivity index (χ0) is 16.2. The lowest BCUT2D eigenvalue weighted by Crippen LogP contribution is -2.29. The lowest BCUT2D eigenvalue weighted by Gasteiger charge is -2.32. The summed E-state index contributed by atoms with van der Waals surface area (Å²) in [7, 11) is 0. The van der Waals surface area contributed by atoms with E-state index in [1.54, 1.807) is 0 Å². The summed E-state index contributed by atoms with van der Waals surface area (Å²) in [5, 5.41) is 3.64. The van der Waals surface area contributed by atoms with E-state index >= 15 is 0 Å². The van der Waals surface area contributed by atoms with Gasteiger partial charge in [0.1, 0.15) is 0 Å². The molecular weight excluding hydrogens is 280 g/mol. The molecule has 2 unspecified atom stereocenters. The smallest absolute Gasteiger partial charge is 0.0340 e. The number of benzene rings is 1. The second-order valence-corrected chi connectivity index (χ2v) is 8.40. The minimum absolute atomic E-state index is 0.450. The maximum atomic E-state index is 5.99. The molecule has 2 aliphatic rings. The molecular formula is C21H34N2. The molecule has 2 aliphatic carbocycles. The predicted molar refractivity (Wildman–Crippen MR) is 99.8 cm³/mol. The Morgan fingerprint density at radius 3 is 2.13 bits per heavy atom. The van der Waals surface area contributed by atoms with Crippen LogP contribution in [0, 0.1) is 17.8 Å². The maximum Gasteiger partial charge on any atom is 0.0340 e. The predicted octanol–water partition coefficient (Wildman–Crippen LogP) is 5.16. The molecule has 2 atom stereocenters. The Labute approximate surface area is 142 Å². The first-order valence-corrected chi connectivity index (χ1v) is 9.69. The molecule has 2 saturated carbocycles. The van der Waals surface area contributed by atoms with Gasteiger partial charge in [0.05, 0.1) is 0 Å². The zero-order valence-corrected chi connectivity index (χ0v) is 14.9. The molecule has 0 saturated heterocycles. The van der Waals surface area contributed by atoms with Gasteiger partial charge in [-0.2, -0.15) is 0 Å². The van der Waals surface area contributed by atoms with Crippen LogP contribution in [0.15, 0.2) is 24.3 Å². The molecule has 2 nitrogen and oxygen atoms in total. The third-order valence-corrected chi connectivity index (χ3v) is 6.05. The van der Waals surface area contributed by atoms with Gasteiger partial charge in [0, 0.05) is 18.3 Å². The lowest BCUT2D eigenvalue weighted by molar-refractivity contribution is 0.268. The summed E-state index contributed by atoms with van der Waals surface area (Å²) in [6, 6.07) is 9.73. The second-order valence-electron chi connectivity index (χ2n) is 8.40. The Morgan fingerprint density at radius 2 is 1.52 bits per heavy atom.